The Balaban J connectivity index is 2.08. The van der Waals surface area contributed by atoms with Crippen molar-refractivity contribution < 1.29 is 9.13 Å². The van der Waals surface area contributed by atoms with Gasteiger partial charge in [-0.25, -0.2) is 4.39 Å². The Morgan fingerprint density at radius 3 is 2.76 bits per heavy atom. The molecule has 110 valence electrons. The van der Waals surface area contributed by atoms with Crippen molar-refractivity contribution >= 4 is 34.6 Å². The van der Waals surface area contributed by atoms with Crippen LogP contribution in [0, 0.1) is 10.6 Å². The molecule has 2 heterocycles. The summed E-state index contributed by atoms with van der Waals surface area (Å²) in [6.45, 7) is 2.82. The molecule has 0 aliphatic carbocycles. The van der Waals surface area contributed by atoms with Crippen molar-refractivity contribution in [1.29, 1.82) is 0 Å². The highest BCUT2D eigenvalue weighted by Gasteiger charge is 2.11. The van der Waals surface area contributed by atoms with E-state index in [9.17, 15) is 4.39 Å². The number of ether oxygens (including phenoxy) is 1. The molecule has 3 rings (SSSR count). The fourth-order valence-corrected chi connectivity index (χ4v) is 3.54. The summed E-state index contributed by atoms with van der Waals surface area (Å²) in [7, 11) is 1.46. The molecule has 0 atom stereocenters. The minimum atomic E-state index is -0.391. The van der Waals surface area contributed by atoms with E-state index in [4.69, 9.17) is 17.0 Å². The van der Waals surface area contributed by atoms with Gasteiger partial charge in [-0.3, -0.25) is 0 Å². The number of methoxy groups -OCH3 is 1. The molecule has 21 heavy (non-hydrogen) atoms. The summed E-state index contributed by atoms with van der Waals surface area (Å²) >= 11 is 7.13. The molecule has 3 nitrogen and oxygen atoms in total. The van der Waals surface area contributed by atoms with Gasteiger partial charge in [-0.2, -0.15) is 0 Å². The van der Waals surface area contributed by atoms with E-state index in [1.54, 1.807) is 17.4 Å². The topological polar surface area (TPSA) is 29.9 Å². The van der Waals surface area contributed by atoms with E-state index in [-0.39, 0.29) is 5.75 Å². The van der Waals surface area contributed by atoms with Gasteiger partial charge in [0.15, 0.2) is 16.3 Å². The van der Waals surface area contributed by atoms with E-state index in [1.165, 1.54) is 22.9 Å². The number of fused-ring (bicyclic) bond motifs is 1. The first kappa shape index (κ1) is 14.3. The lowest BCUT2D eigenvalue weighted by Crippen LogP contribution is -1.98. The normalized spacial score (nSPS) is 11.2. The Morgan fingerprint density at radius 2 is 2.10 bits per heavy atom. The smallest absolute Gasteiger partial charge is 0.178 e. The van der Waals surface area contributed by atoms with Crippen LogP contribution in [-0.2, 0) is 13.0 Å². The second kappa shape index (κ2) is 5.61. The standard InChI is InChI=1S/C15H15FN2OS2/c1-3-9-4-5-10(21-9)8-18-13-7-14(19-2)11(16)6-12(13)17-15(18)20/h4-7H,3,8H2,1-2H3,(H,17,20). The molecule has 0 fully saturated rings. The van der Waals surface area contributed by atoms with Gasteiger partial charge >= 0.3 is 0 Å². The summed E-state index contributed by atoms with van der Waals surface area (Å²) in [5, 5.41) is 0. The molecular formula is C15H15FN2OS2. The first-order valence-corrected chi connectivity index (χ1v) is 7.88. The molecule has 0 spiro atoms. The lowest BCUT2D eigenvalue weighted by molar-refractivity contribution is 0.387. The molecule has 0 saturated carbocycles. The van der Waals surface area contributed by atoms with Crippen molar-refractivity contribution in [2.24, 2.45) is 0 Å². The summed E-state index contributed by atoms with van der Waals surface area (Å²) in [5.41, 5.74) is 1.54. The van der Waals surface area contributed by atoms with E-state index >= 15 is 0 Å². The molecular weight excluding hydrogens is 307 g/mol. The molecule has 0 unspecified atom stereocenters. The monoisotopic (exact) mass is 322 g/mol. The predicted octanol–water partition coefficient (Wildman–Crippen LogP) is 4.52. The molecule has 0 aliphatic rings. The molecule has 6 heteroatoms. The number of aryl methyl sites for hydroxylation is 1. The van der Waals surface area contributed by atoms with Crippen molar-refractivity contribution in [2.75, 3.05) is 7.11 Å². The van der Waals surface area contributed by atoms with Gasteiger partial charge in [0.1, 0.15) is 0 Å². The zero-order chi connectivity index (χ0) is 15.0. The van der Waals surface area contributed by atoms with Gasteiger partial charge < -0.3 is 14.3 Å². The van der Waals surface area contributed by atoms with Crippen LogP contribution >= 0.6 is 23.6 Å². The van der Waals surface area contributed by atoms with Crippen LogP contribution < -0.4 is 4.74 Å². The summed E-state index contributed by atoms with van der Waals surface area (Å²) in [4.78, 5) is 5.62. The summed E-state index contributed by atoms with van der Waals surface area (Å²) in [6.07, 6.45) is 1.03. The number of aromatic amines is 1. The number of hydrogen-bond donors (Lipinski definition) is 1. The second-order valence-electron chi connectivity index (χ2n) is 4.74. The summed E-state index contributed by atoms with van der Waals surface area (Å²) in [5.74, 6) is -0.163. The zero-order valence-corrected chi connectivity index (χ0v) is 13.4. The van der Waals surface area contributed by atoms with Crippen LogP contribution in [0.1, 0.15) is 16.7 Å². The molecule has 0 saturated heterocycles. The number of thiophene rings is 1. The minimum absolute atomic E-state index is 0.227. The van der Waals surface area contributed by atoms with E-state index in [2.05, 4.69) is 24.0 Å². The predicted molar refractivity (Wildman–Crippen MR) is 86.4 cm³/mol. The maximum Gasteiger partial charge on any atom is 0.178 e. The molecule has 2 aromatic heterocycles. The molecule has 0 aliphatic heterocycles. The Kier molecular flexibility index (Phi) is 3.82. The Hall–Kier alpha value is -1.66. The number of H-pyrrole nitrogens is 1. The van der Waals surface area contributed by atoms with Crippen molar-refractivity contribution in [3.05, 3.63) is 44.6 Å². The highest BCUT2D eigenvalue weighted by molar-refractivity contribution is 7.71. The van der Waals surface area contributed by atoms with E-state index in [0.29, 0.717) is 16.8 Å². The van der Waals surface area contributed by atoms with Crippen LogP contribution in [0.4, 0.5) is 4.39 Å². The first-order chi connectivity index (χ1) is 10.1. The van der Waals surface area contributed by atoms with Crippen LogP contribution in [0.15, 0.2) is 24.3 Å². The van der Waals surface area contributed by atoms with Crippen LogP contribution in [0.5, 0.6) is 5.75 Å². The third-order valence-corrected chi connectivity index (χ3v) is 4.96. The van der Waals surface area contributed by atoms with Gasteiger partial charge in [0.2, 0.25) is 0 Å². The average molecular weight is 322 g/mol. The fraction of sp³-hybridized carbons (Fsp3) is 0.267. The number of aromatic nitrogens is 2. The van der Waals surface area contributed by atoms with Crippen molar-refractivity contribution in [3.63, 3.8) is 0 Å². The second-order valence-corrected chi connectivity index (χ2v) is 6.38. The number of rotatable bonds is 4. The highest BCUT2D eigenvalue weighted by atomic mass is 32.1. The maximum atomic E-state index is 13.8. The minimum Gasteiger partial charge on any atom is -0.494 e. The van der Waals surface area contributed by atoms with Crippen LogP contribution in [0.25, 0.3) is 11.0 Å². The largest absolute Gasteiger partial charge is 0.494 e. The van der Waals surface area contributed by atoms with E-state index < -0.39 is 5.82 Å². The molecule has 0 radical (unpaired) electrons. The highest BCUT2D eigenvalue weighted by Crippen LogP contribution is 2.26. The number of benzene rings is 1. The Bertz CT molecular complexity index is 847. The number of nitrogens with zero attached hydrogens (tertiary/aromatic N) is 1. The molecule has 1 aromatic carbocycles. The summed E-state index contributed by atoms with van der Waals surface area (Å²) < 4.78 is 21.4. The Labute approximate surface area is 131 Å². The van der Waals surface area contributed by atoms with Crippen LogP contribution in [0.2, 0.25) is 0 Å². The first-order valence-electron chi connectivity index (χ1n) is 6.66. The third kappa shape index (κ3) is 2.61. The number of hydrogen-bond acceptors (Lipinski definition) is 3. The Morgan fingerprint density at radius 1 is 1.33 bits per heavy atom. The average Bonchev–Trinajstić information content (AvgIpc) is 3.04. The molecule has 0 bridgehead atoms. The lowest BCUT2D eigenvalue weighted by Gasteiger charge is -2.05. The molecule has 0 amide bonds. The molecule has 1 N–H and O–H groups in total. The van der Waals surface area contributed by atoms with Crippen molar-refractivity contribution in [1.82, 2.24) is 9.55 Å². The SMILES string of the molecule is CCc1ccc(Cn2c(=S)[nH]c3cc(F)c(OC)cc32)s1. The third-order valence-electron chi connectivity index (χ3n) is 3.43. The number of halogens is 1. The maximum absolute atomic E-state index is 13.8. The number of imidazole rings is 1. The quantitative estimate of drug-likeness (QED) is 0.716. The van der Waals surface area contributed by atoms with Gasteiger partial charge in [0.25, 0.3) is 0 Å². The van der Waals surface area contributed by atoms with Gasteiger partial charge in [-0.1, -0.05) is 6.92 Å². The van der Waals surface area contributed by atoms with Crippen LogP contribution in [0.3, 0.4) is 0 Å². The van der Waals surface area contributed by atoms with Gasteiger partial charge in [-0.05, 0) is 30.8 Å². The molecule has 3 aromatic rings. The number of nitrogens with one attached hydrogen (secondary N) is 1. The van der Waals surface area contributed by atoms with E-state index in [0.717, 1.165) is 11.9 Å². The van der Waals surface area contributed by atoms with Crippen molar-refractivity contribution in [3.8, 4) is 5.75 Å². The van der Waals surface area contributed by atoms with Crippen molar-refractivity contribution in [2.45, 2.75) is 19.9 Å². The van der Waals surface area contributed by atoms with Crippen LogP contribution in [-0.4, -0.2) is 16.7 Å². The summed E-state index contributed by atoms with van der Waals surface area (Å²) in [6, 6.07) is 7.36. The lowest BCUT2D eigenvalue weighted by atomic mass is 10.3. The van der Waals surface area contributed by atoms with E-state index in [1.807, 2.05) is 4.57 Å². The van der Waals surface area contributed by atoms with Gasteiger partial charge in [-0.15, -0.1) is 11.3 Å². The van der Waals surface area contributed by atoms with Gasteiger partial charge in [0.05, 0.1) is 24.7 Å². The van der Waals surface area contributed by atoms with Gasteiger partial charge in [0, 0.05) is 21.9 Å². The zero-order valence-electron chi connectivity index (χ0n) is 11.8. The fourth-order valence-electron chi connectivity index (χ4n) is 2.32.